The normalized spacial score (nSPS) is 57.1. The van der Waals surface area contributed by atoms with Crippen molar-refractivity contribution >= 4 is 80.0 Å². The van der Waals surface area contributed by atoms with E-state index < -0.39 is 59.5 Å². The van der Waals surface area contributed by atoms with Gasteiger partial charge < -0.3 is 0 Å². The second-order valence-corrected chi connectivity index (χ2v) is 8.82. The molecule has 3 rings (SSSR count). The summed E-state index contributed by atoms with van der Waals surface area (Å²) in [6.45, 7) is -6.20. The maximum Gasteiger partial charge on any atom is 0.399 e. The Bertz CT molecular complexity index is 718. The summed E-state index contributed by atoms with van der Waals surface area (Å²) in [6, 6.07) is 0. The highest BCUT2D eigenvalue weighted by molar-refractivity contribution is 7.81. The molecule has 2 fully saturated rings. The van der Waals surface area contributed by atoms with Crippen LogP contribution in [0.4, 0.5) is 0 Å². The molecule has 0 amide bonds. The molecule has 1 heterocycles. The van der Waals surface area contributed by atoms with Gasteiger partial charge in [-0.15, -0.1) is 23.2 Å². The fourth-order valence-corrected chi connectivity index (χ4v) is 5.83. The number of hydrogen-bond donors (Lipinski definition) is 0. The van der Waals surface area contributed by atoms with E-state index in [1.165, 1.54) is 0 Å². The molecule has 2 aliphatic carbocycles. The van der Waals surface area contributed by atoms with E-state index in [0.29, 0.717) is 0 Å². The minimum absolute atomic E-state index is 0.422. The molecule has 2 bridgehead atoms. The molecule has 1 saturated carbocycles. The summed E-state index contributed by atoms with van der Waals surface area (Å²) in [4.78, 5) is -4.53. The predicted octanol–water partition coefficient (Wildman–Crippen LogP) is 3.36. The Labute approximate surface area is 151 Å². The van der Waals surface area contributed by atoms with Gasteiger partial charge in [0.2, 0.25) is 0 Å². The highest BCUT2D eigenvalue weighted by atomic mass is 35.5. The second kappa shape index (κ2) is 4.46. The molecule has 114 valence electrons. The molecule has 0 radical (unpaired) electrons. The number of rotatable bonds is 0. The number of allylic oxidation sites excluding steroid dienone is 2. The molecule has 0 aromatic carbocycles. The highest BCUT2D eigenvalue weighted by Gasteiger charge is 2.82. The second-order valence-electron chi connectivity index (χ2n) is 4.39. The van der Waals surface area contributed by atoms with Crippen molar-refractivity contribution in [3.8, 4) is 0 Å². The van der Waals surface area contributed by atoms with E-state index in [4.69, 9.17) is 75.1 Å². The Kier molecular flexibility index (Phi) is 2.63. The van der Waals surface area contributed by atoms with E-state index in [0.717, 1.165) is 0 Å². The van der Waals surface area contributed by atoms with Gasteiger partial charge >= 0.3 is 10.4 Å². The summed E-state index contributed by atoms with van der Waals surface area (Å²) in [5.74, 6) is -3.69. The minimum atomic E-state index is -5.08. The van der Waals surface area contributed by atoms with Gasteiger partial charge in [0.05, 0.1) is 28.7 Å². The lowest BCUT2D eigenvalue weighted by molar-refractivity contribution is 0.207. The topological polar surface area (TPSA) is 52.6 Å². The van der Waals surface area contributed by atoms with Gasteiger partial charge in [-0.2, -0.15) is 8.42 Å². The van der Waals surface area contributed by atoms with Crippen LogP contribution in [0.5, 0.6) is 0 Å². The minimum Gasteiger partial charge on any atom is -0.248 e. The zero-order valence-electron chi connectivity index (χ0n) is 13.0. The number of alkyl halides is 4. The summed E-state index contributed by atoms with van der Waals surface area (Å²) in [7, 11) is -5.08. The first-order valence-electron chi connectivity index (χ1n) is 6.95. The first-order valence-corrected chi connectivity index (χ1v) is 8.55. The van der Waals surface area contributed by atoms with Crippen molar-refractivity contribution in [3.63, 3.8) is 0 Å². The van der Waals surface area contributed by atoms with Crippen molar-refractivity contribution in [2.24, 2.45) is 11.8 Å². The van der Waals surface area contributed by atoms with Crippen LogP contribution in [-0.2, 0) is 18.8 Å². The Morgan fingerprint density at radius 1 is 1.00 bits per heavy atom. The van der Waals surface area contributed by atoms with Crippen LogP contribution in [0, 0.1) is 11.8 Å². The van der Waals surface area contributed by atoms with Crippen molar-refractivity contribution in [2.75, 3.05) is 13.1 Å². The van der Waals surface area contributed by atoms with Crippen molar-refractivity contribution in [1.82, 2.24) is 0 Å². The van der Waals surface area contributed by atoms with Crippen molar-refractivity contribution < 1.29 is 22.3 Å². The summed E-state index contributed by atoms with van der Waals surface area (Å²) in [6.07, 6.45) is 0. The monoisotopic (exact) mass is 424 g/mol. The number of hydrogen-bond acceptors (Lipinski definition) is 4. The average molecular weight is 427 g/mol. The van der Waals surface area contributed by atoms with E-state index in [9.17, 15) is 8.42 Å². The van der Waals surface area contributed by atoms with Crippen LogP contribution < -0.4 is 0 Å². The van der Waals surface area contributed by atoms with Crippen LogP contribution in [0.3, 0.4) is 0 Å². The van der Waals surface area contributed by atoms with Crippen LogP contribution >= 0.6 is 69.6 Å². The molecule has 0 N–H and O–H groups in total. The van der Waals surface area contributed by atoms with E-state index in [2.05, 4.69) is 8.37 Å². The van der Waals surface area contributed by atoms with Crippen molar-refractivity contribution in [2.45, 2.75) is 14.1 Å². The molecular formula is C9H6Cl6O4S. The van der Waals surface area contributed by atoms with Crippen LogP contribution in [-0.4, -0.2) is 35.6 Å². The Morgan fingerprint density at radius 2 is 1.35 bits per heavy atom. The summed E-state index contributed by atoms with van der Waals surface area (Å²) < 4.78 is 61.7. The lowest BCUT2D eigenvalue weighted by atomic mass is 9.83. The predicted molar refractivity (Wildman–Crippen MR) is 78.1 cm³/mol. The lowest BCUT2D eigenvalue weighted by Crippen LogP contribution is -2.45. The Balaban J connectivity index is 2.41. The average Bonchev–Trinajstić information content (AvgIpc) is 2.52. The highest BCUT2D eigenvalue weighted by Crippen LogP contribution is 2.76. The summed E-state index contributed by atoms with van der Waals surface area (Å²) >= 11 is 37.5. The standard InChI is InChI=1S/C9H6Cl6O4S/c10-5-6(11)8(13)4-2-19-20(16,17)18-1-3(4)7(5,12)9(8,14)15/h3-4H,1-2H2/t3-,4+,7-,8-/m1/s1/i1D2,2D2. The first-order chi connectivity index (χ1) is 10.5. The molecule has 0 unspecified atom stereocenters. The quantitative estimate of drug-likeness (QED) is 0.557. The molecule has 1 aliphatic heterocycles. The SMILES string of the molecule is [2H]C1([2H])OS(=O)(=O)OC([2H])([2H])[C@@H]2[C@H]1[C@@]1(Cl)C(Cl)=C(Cl)[C@@]2(Cl)C1(Cl)Cl. The van der Waals surface area contributed by atoms with Crippen LogP contribution in [0.2, 0.25) is 0 Å². The zero-order chi connectivity index (χ0) is 18.7. The molecule has 11 heteroatoms. The largest absolute Gasteiger partial charge is 0.399 e. The number of halogens is 6. The van der Waals surface area contributed by atoms with Gasteiger partial charge in [0.15, 0.2) is 4.33 Å². The fraction of sp³-hybridized carbons (Fsp3) is 0.778. The molecule has 20 heavy (non-hydrogen) atoms. The molecule has 4 nitrogen and oxygen atoms in total. The zero-order valence-corrected chi connectivity index (χ0v) is 14.3. The summed E-state index contributed by atoms with van der Waals surface area (Å²) in [5.41, 5.74) is 0. The van der Waals surface area contributed by atoms with Crippen LogP contribution in [0.1, 0.15) is 5.48 Å². The maximum atomic E-state index is 11.7. The third kappa shape index (κ3) is 1.62. The maximum absolute atomic E-state index is 11.7. The van der Waals surface area contributed by atoms with E-state index in [1.54, 1.807) is 0 Å². The van der Waals surface area contributed by atoms with Crippen LogP contribution in [0.25, 0.3) is 0 Å². The van der Waals surface area contributed by atoms with Gasteiger partial charge in [0.25, 0.3) is 0 Å². The number of fused-ring (bicyclic) bond motifs is 5. The molecule has 4 atom stereocenters. The Morgan fingerprint density at radius 3 is 1.70 bits per heavy atom. The fourth-order valence-electron chi connectivity index (χ4n) is 2.52. The summed E-state index contributed by atoms with van der Waals surface area (Å²) in [5, 5.41) is -0.843. The molecule has 0 aromatic heterocycles. The van der Waals surface area contributed by atoms with E-state index in [-0.39, 0.29) is 0 Å². The molecule has 3 aliphatic rings. The van der Waals surface area contributed by atoms with Gasteiger partial charge in [0.1, 0.15) is 9.75 Å². The van der Waals surface area contributed by atoms with E-state index in [1.807, 2.05) is 0 Å². The molecule has 0 spiro atoms. The van der Waals surface area contributed by atoms with Crippen LogP contribution in [0.15, 0.2) is 10.1 Å². The van der Waals surface area contributed by atoms with Gasteiger partial charge in [-0.25, -0.2) is 8.37 Å². The van der Waals surface area contributed by atoms with Gasteiger partial charge in [-0.3, -0.25) is 0 Å². The molecule has 1 saturated heterocycles. The van der Waals surface area contributed by atoms with E-state index >= 15 is 0 Å². The third-order valence-electron chi connectivity index (χ3n) is 3.49. The van der Waals surface area contributed by atoms with Gasteiger partial charge in [0, 0.05) is 11.8 Å². The van der Waals surface area contributed by atoms with Crippen molar-refractivity contribution in [1.29, 1.82) is 0 Å². The Hall–Kier alpha value is 1.35. The lowest BCUT2D eigenvalue weighted by Gasteiger charge is -2.33. The third-order valence-corrected chi connectivity index (χ3v) is 8.35. The van der Waals surface area contributed by atoms with Gasteiger partial charge in [-0.05, 0) is 0 Å². The smallest absolute Gasteiger partial charge is 0.248 e. The molecular weight excluding hydrogens is 417 g/mol. The molecule has 0 aromatic rings. The van der Waals surface area contributed by atoms with Crippen molar-refractivity contribution in [3.05, 3.63) is 10.1 Å². The van der Waals surface area contributed by atoms with Gasteiger partial charge in [-0.1, -0.05) is 46.4 Å². The first kappa shape index (κ1) is 11.8.